The average Bonchev–Trinajstić information content (AvgIpc) is 2.57. The van der Waals surface area contributed by atoms with Crippen LogP contribution in [0.15, 0.2) is 24.3 Å². The summed E-state index contributed by atoms with van der Waals surface area (Å²) in [7, 11) is 1.67. The Bertz CT molecular complexity index is 433. The summed E-state index contributed by atoms with van der Waals surface area (Å²) in [4.78, 5) is 12.3. The van der Waals surface area contributed by atoms with Crippen molar-refractivity contribution in [3.63, 3.8) is 0 Å². The van der Waals surface area contributed by atoms with Crippen molar-refractivity contribution in [2.24, 2.45) is 5.73 Å². The summed E-state index contributed by atoms with van der Waals surface area (Å²) >= 11 is 0. The predicted octanol–water partition coefficient (Wildman–Crippen LogP) is 2.35. The van der Waals surface area contributed by atoms with Crippen molar-refractivity contribution in [1.29, 1.82) is 0 Å². The second kappa shape index (κ2) is 9.43. The Hall–Kier alpha value is -1.59. The van der Waals surface area contributed by atoms with Crippen LogP contribution in [0, 0.1) is 0 Å². The molecule has 1 aromatic rings. The van der Waals surface area contributed by atoms with Crippen LogP contribution in [0.25, 0.3) is 0 Å². The molecule has 0 atom stereocenters. The number of hydrogen-bond donors (Lipinski definition) is 2. The van der Waals surface area contributed by atoms with Crippen LogP contribution in [0.2, 0.25) is 0 Å². The number of hydrogen-bond acceptors (Lipinski definition) is 4. The standard InChI is InChI=1S/C17H28N2O3/c1-4-17(5-2,13-18)19-16(20)14-7-9-15(10-8-14)22-12-6-11-21-3/h7-10H,4-6,11-13,18H2,1-3H3,(H,19,20). The van der Waals surface area contributed by atoms with Crippen LogP contribution in [-0.2, 0) is 4.74 Å². The van der Waals surface area contributed by atoms with E-state index < -0.39 is 0 Å². The van der Waals surface area contributed by atoms with E-state index in [0.717, 1.165) is 25.0 Å². The SMILES string of the molecule is CCC(CC)(CN)NC(=O)c1ccc(OCCCOC)cc1. The molecule has 0 aliphatic heterocycles. The fraction of sp³-hybridized carbons (Fsp3) is 0.588. The van der Waals surface area contributed by atoms with E-state index in [0.29, 0.717) is 25.3 Å². The van der Waals surface area contributed by atoms with Crippen LogP contribution in [0.4, 0.5) is 0 Å². The van der Waals surface area contributed by atoms with Crippen molar-refractivity contribution >= 4 is 5.91 Å². The smallest absolute Gasteiger partial charge is 0.251 e. The minimum absolute atomic E-state index is 0.0971. The van der Waals surface area contributed by atoms with Gasteiger partial charge in [0.25, 0.3) is 5.91 Å². The highest BCUT2D eigenvalue weighted by atomic mass is 16.5. The van der Waals surface area contributed by atoms with Gasteiger partial charge in [0.15, 0.2) is 0 Å². The Morgan fingerprint density at radius 3 is 2.32 bits per heavy atom. The quantitative estimate of drug-likeness (QED) is 0.651. The Balaban J connectivity index is 2.60. The number of ether oxygens (including phenoxy) is 2. The third-order valence-corrected chi connectivity index (χ3v) is 4.00. The molecule has 0 unspecified atom stereocenters. The lowest BCUT2D eigenvalue weighted by Gasteiger charge is -2.31. The van der Waals surface area contributed by atoms with Gasteiger partial charge in [0.05, 0.1) is 12.1 Å². The number of nitrogens with two attached hydrogens (primary N) is 1. The van der Waals surface area contributed by atoms with E-state index in [1.807, 2.05) is 26.0 Å². The highest BCUT2D eigenvalue weighted by Crippen LogP contribution is 2.16. The zero-order chi connectivity index (χ0) is 16.4. The fourth-order valence-corrected chi connectivity index (χ4v) is 2.18. The number of carbonyl (C=O) groups excluding carboxylic acids is 1. The molecule has 22 heavy (non-hydrogen) atoms. The molecule has 0 heterocycles. The second-order valence-corrected chi connectivity index (χ2v) is 5.36. The number of methoxy groups -OCH3 is 1. The van der Waals surface area contributed by atoms with E-state index in [9.17, 15) is 4.79 Å². The molecule has 0 spiro atoms. The van der Waals surface area contributed by atoms with Crippen molar-refractivity contribution in [2.45, 2.75) is 38.6 Å². The average molecular weight is 308 g/mol. The summed E-state index contributed by atoms with van der Waals surface area (Å²) in [6, 6.07) is 7.16. The Morgan fingerprint density at radius 2 is 1.82 bits per heavy atom. The molecular weight excluding hydrogens is 280 g/mol. The summed E-state index contributed by atoms with van der Waals surface area (Å²) in [5.41, 5.74) is 6.10. The Morgan fingerprint density at radius 1 is 1.18 bits per heavy atom. The molecule has 0 saturated heterocycles. The van der Waals surface area contributed by atoms with Gasteiger partial charge in [-0.15, -0.1) is 0 Å². The number of carbonyl (C=O) groups is 1. The lowest BCUT2D eigenvalue weighted by molar-refractivity contribution is 0.0895. The van der Waals surface area contributed by atoms with Gasteiger partial charge in [0, 0.05) is 32.2 Å². The minimum atomic E-state index is -0.327. The van der Waals surface area contributed by atoms with Crippen LogP contribution in [-0.4, -0.2) is 38.3 Å². The highest BCUT2D eigenvalue weighted by molar-refractivity contribution is 5.94. The van der Waals surface area contributed by atoms with Crippen LogP contribution >= 0.6 is 0 Å². The first kappa shape index (κ1) is 18.5. The van der Waals surface area contributed by atoms with Gasteiger partial charge < -0.3 is 20.5 Å². The van der Waals surface area contributed by atoms with E-state index >= 15 is 0 Å². The van der Waals surface area contributed by atoms with Crippen LogP contribution < -0.4 is 15.8 Å². The van der Waals surface area contributed by atoms with Gasteiger partial charge in [0.1, 0.15) is 5.75 Å². The van der Waals surface area contributed by atoms with Gasteiger partial charge in [-0.1, -0.05) is 13.8 Å². The van der Waals surface area contributed by atoms with E-state index in [4.69, 9.17) is 15.2 Å². The summed E-state index contributed by atoms with van der Waals surface area (Å²) in [5.74, 6) is 0.656. The molecule has 1 rings (SSSR count). The predicted molar refractivity (Wildman–Crippen MR) is 88.3 cm³/mol. The normalized spacial score (nSPS) is 11.3. The van der Waals surface area contributed by atoms with Gasteiger partial charge in [0.2, 0.25) is 0 Å². The molecule has 0 aromatic heterocycles. The summed E-state index contributed by atoms with van der Waals surface area (Å²) in [6.07, 6.45) is 2.46. The van der Waals surface area contributed by atoms with Crippen LogP contribution in [0.3, 0.4) is 0 Å². The topological polar surface area (TPSA) is 73.6 Å². The molecule has 0 aliphatic rings. The largest absolute Gasteiger partial charge is 0.494 e. The maximum Gasteiger partial charge on any atom is 0.251 e. The van der Waals surface area contributed by atoms with Crippen molar-refractivity contribution in [2.75, 3.05) is 26.9 Å². The monoisotopic (exact) mass is 308 g/mol. The second-order valence-electron chi connectivity index (χ2n) is 5.36. The lowest BCUT2D eigenvalue weighted by atomic mass is 9.92. The Kier molecular flexibility index (Phi) is 7.91. The van der Waals surface area contributed by atoms with Gasteiger partial charge in [-0.3, -0.25) is 4.79 Å². The van der Waals surface area contributed by atoms with Crippen LogP contribution in [0.5, 0.6) is 5.75 Å². The molecule has 3 N–H and O–H groups in total. The number of benzene rings is 1. The third kappa shape index (κ3) is 5.31. The minimum Gasteiger partial charge on any atom is -0.494 e. The van der Waals surface area contributed by atoms with Gasteiger partial charge in [-0.2, -0.15) is 0 Å². The molecule has 0 saturated carbocycles. The third-order valence-electron chi connectivity index (χ3n) is 4.00. The summed E-state index contributed by atoms with van der Waals surface area (Å²) in [6.45, 7) is 5.78. The van der Waals surface area contributed by atoms with Crippen molar-refractivity contribution in [3.8, 4) is 5.75 Å². The maximum absolute atomic E-state index is 12.3. The van der Waals surface area contributed by atoms with Gasteiger partial charge in [-0.05, 0) is 37.1 Å². The zero-order valence-electron chi connectivity index (χ0n) is 13.9. The van der Waals surface area contributed by atoms with Gasteiger partial charge >= 0.3 is 0 Å². The summed E-state index contributed by atoms with van der Waals surface area (Å²) < 4.78 is 10.5. The summed E-state index contributed by atoms with van der Waals surface area (Å²) in [5, 5.41) is 3.05. The molecule has 0 radical (unpaired) electrons. The highest BCUT2D eigenvalue weighted by Gasteiger charge is 2.26. The molecule has 1 aromatic carbocycles. The Labute approximate surface area is 133 Å². The molecule has 0 fully saturated rings. The molecule has 0 aliphatic carbocycles. The van der Waals surface area contributed by atoms with E-state index in [1.54, 1.807) is 19.2 Å². The fourth-order valence-electron chi connectivity index (χ4n) is 2.18. The van der Waals surface area contributed by atoms with E-state index in [1.165, 1.54) is 0 Å². The van der Waals surface area contributed by atoms with Crippen molar-refractivity contribution in [1.82, 2.24) is 5.32 Å². The first-order chi connectivity index (χ1) is 10.6. The number of nitrogens with one attached hydrogen (secondary N) is 1. The zero-order valence-corrected chi connectivity index (χ0v) is 13.9. The van der Waals surface area contributed by atoms with E-state index in [2.05, 4.69) is 5.32 Å². The molecule has 124 valence electrons. The molecule has 1 amide bonds. The first-order valence-electron chi connectivity index (χ1n) is 7.85. The van der Waals surface area contributed by atoms with Crippen LogP contribution in [0.1, 0.15) is 43.5 Å². The molecule has 0 bridgehead atoms. The van der Waals surface area contributed by atoms with E-state index in [-0.39, 0.29) is 11.4 Å². The lowest BCUT2D eigenvalue weighted by Crippen LogP contribution is -2.52. The molecule has 5 nitrogen and oxygen atoms in total. The first-order valence-corrected chi connectivity index (χ1v) is 7.85. The molecular formula is C17H28N2O3. The molecule has 5 heteroatoms. The number of amides is 1. The number of rotatable bonds is 10. The maximum atomic E-state index is 12.3. The van der Waals surface area contributed by atoms with Gasteiger partial charge in [-0.25, -0.2) is 0 Å². The van der Waals surface area contributed by atoms with Crippen molar-refractivity contribution < 1.29 is 14.3 Å². The van der Waals surface area contributed by atoms with Crippen molar-refractivity contribution in [3.05, 3.63) is 29.8 Å².